The van der Waals surface area contributed by atoms with Gasteiger partial charge in [0, 0.05) is 37.2 Å². The number of aromatic nitrogens is 6. The topological polar surface area (TPSA) is 436 Å². The second-order valence-electron chi connectivity index (χ2n) is 8.89. The third kappa shape index (κ3) is 36.7. The third-order valence-corrected chi connectivity index (χ3v) is 5.11. The summed E-state index contributed by atoms with van der Waals surface area (Å²) in [5.74, 6) is -8.74. The van der Waals surface area contributed by atoms with Crippen molar-refractivity contribution >= 4 is 23.9 Å². The number of rotatable bonds is 3. The van der Waals surface area contributed by atoms with Crippen LogP contribution >= 0.6 is 0 Å². The molecule has 6 N–H and O–H groups in total. The van der Waals surface area contributed by atoms with Gasteiger partial charge in [0.15, 0.2) is 0 Å². The van der Waals surface area contributed by atoms with Gasteiger partial charge < -0.3 is 81.2 Å². The molecule has 0 amide bonds. The van der Waals surface area contributed by atoms with Crippen LogP contribution in [0, 0.1) is 30.6 Å². The maximum atomic E-state index is 8.93. The largest absolute Gasteiger partial charge is 2.00 e. The molecule has 61 heavy (non-hydrogen) atoms. The van der Waals surface area contributed by atoms with Gasteiger partial charge >= 0.3 is 51.2 Å². The summed E-state index contributed by atoms with van der Waals surface area (Å²) in [6.07, 6.45) is 10.6. The molecule has 24 nitrogen and oxygen atoms in total. The van der Waals surface area contributed by atoms with Crippen LogP contribution in [0.5, 0.6) is 0 Å². The molecule has 6 aromatic rings. The number of carbonyl (C=O) groups is 4. The molecule has 0 saturated carbocycles. The van der Waals surface area contributed by atoms with E-state index < -0.39 is 34.1 Å². The Hall–Kier alpha value is -7.34. The van der Waals surface area contributed by atoms with Crippen molar-refractivity contribution < 1.29 is 112 Å². The molecule has 0 fully saturated rings. The van der Waals surface area contributed by atoms with Crippen LogP contribution in [0.4, 0.5) is 0 Å². The van der Waals surface area contributed by atoms with Crippen LogP contribution in [0.25, 0.3) is 34.2 Å². The van der Waals surface area contributed by atoms with E-state index in [1.54, 1.807) is 37.2 Å². The molecule has 6 aromatic heterocycles. The van der Waals surface area contributed by atoms with Crippen molar-refractivity contribution in [1.29, 1.82) is 0 Å². The summed E-state index contributed by atoms with van der Waals surface area (Å²) < 4.78 is 0. The number of pyridine rings is 6. The van der Waals surface area contributed by atoms with Crippen molar-refractivity contribution in [2.75, 3.05) is 0 Å². The van der Waals surface area contributed by atoms with Crippen LogP contribution in [-0.2, 0) is 81.3 Å². The maximum Gasteiger partial charge on any atom is 2.00 e. The predicted octanol–water partition coefficient (Wildman–Crippen LogP) is -2.93. The predicted molar refractivity (Wildman–Crippen MR) is 193 cm³/mol. The average molecular weight is 997 g/mol. The molecule has 0 bridgehead atoms. The van der Waals surface area contributed by atoms with Gasteiger partial charge in [0.25, 0.3) is 0 Å². The van der Waals surface area contributed by atoms with Crippen molar-refractivity contribution in [3.8, 4) is 34.2 Å². The molecule has 6 heterocycles. The Morgan fingerprint density at radius 2 is 0.443 bits per heavy atom. The Labute approximate surface area is 375 Å². The van der Waals surface area contributed by atoms with E-state index in [4.69, 9.17) is 70.2 Å². The van der Waals surface area contributed by atoms with E-state index in [-0.39, 0.29) is 62.2 Å². The number of hydrogen-bond donors (Lipinski definition) is 0. The molecule has 0 unspecified atom stereocenters. The molecule has 0 aromatic carbocycles. The number of carboxylic acids is 4. The third-order valence-electron chi connectivity index (χ3n) is 5.11. The molecule has 3 radical (unpaired) electrons. The van der Waals surface area contributed by atoms with Crippen molar-refractivity contribution in [3.05, 3.63) is 177 Å². The molecule has 0 aliphatic heterocycles. The summed E-state index contributed by atoms with van der Waals surface area (Å²) in [4.78, 5) is 77.3. The first-order valence-electron chi connectivity index (χ1n) is 14.6. The summed E-state index contributed by atoms with van der Waals surface area (Å²) >= 11 is 0. The number of carbonyl (C=O) groups excluding carboxylic acids is 4. The van der Waals surface area contributed by atoms with Gasteiger partial charge in [-0.05, 0) is 72.8 Å². The molecule has 0 spiro atoms. The first-order chi connectivity index (χ1) is 26.6. The average Bonchev–Trinajstić information content (AvgIpc) is 3.20. The van der Waals surface area contributed by atoms with Crippen LogP contribution in [0.15, 0.2) is 146 Å². The van der Waals surface area contributed by atoms with Crippen LogP contribution < -0.4 is 20.4 Å². The van der Waals surface area contributed by atoms with E-state index in [1.165, 1.54) is 0 Å². The molecule has 0 aliphatic rings. The molecule has 6 rings (SSSR count). The fourth-order valence-electron chi connectivity index (χ4n) is 3.09. The molecule has 0 aliphatic carbocycles. The monoisotopic (exact) mass is 995 g/mol. The summed E-state index contributed by atoms with van der Waals surface area (Å²) in [6.45, 7) is 0. The van der Waals surface area contributed by atoms with Gasteiger partial charge in [0.1, 0.15) is 0 Å². The van der Waals surface area contributed by atoms with Gasteiger partial charge in [-0.3, -0.25) is 29.9 Å². The SMILES string of the molecule is O=C([O-])C(=O)[O-].O=C([O-])C(=O)[O-].O=[N+]([O-])[O-].O=[N+]([O-])[O-].[Cu+2].[Cu+2].[Cu+2].[OH3+].[OH3+].c1ccc(-c2ccccn2)nc1.c1ccc(-c2ccccn2)nc1.c1ccc(-c2ccccn2)nc1. The molecular formula is C34H30Cu3N8O16+2. The standard InChI is InChI=1S/3C10H8N2.2C2H2O4.3Cu.2NO3.2H2O/c3*1-3-7-11-9(5-1)10-6-2-4-8-12-10;2*3-1(4)2(5)6;;;;2*2-1(3)4;;/h3*1-8H;2*(H,3,4)(H,5,6);;;;;;2*1H2/q;;;;;3*+2;2*-1;;/p-2. The zero-order valence-corrected chi connectivity index (χ0v) is 33.0. The van der Waals surface area contributed by atoms with E-state index in [9.17, 15) is 0 Å². The minimum absolute atomic E-state index is 0. The van der Waals surface area contributed by atoms with Crippen molar-refractivity contribution in [2.24, 2.45) is 0 Å². The van der Waals surface area contributed by atoms with Gasteiger partial charge in [0.2, 0.25) is 0 Å². The Kier molecular flexibility index (Phi) is 43.9. The number of hydrogen-bond acceptors (Lipinski definition) is 20. The second kappa shape index (κ2) is 40.8. The van der Waals surface area contributed by atoms with Gasteiger partial charge in [-0.25, -0.2) is 0 Å². The minimum atomic E-state index is -2.19. The first-order valence-corrected chi connectivity index (χ1v) is 14.6. The zero-order chi connectivity index (χ0) is 42.1. The molecular weight excluding hydrogens is 967 g/mol. The summed E-state index contributed by atoms with van der Waals surface area (Å²) in [6, 6.07) is 34.8. The fraction of sp³-hybridized carbons (Fsp3) is 0. The fourth-order valence-corrected chi connectivity index (χ4v) is 3.09. The quantitative estimate of drug-likeness (QED) is 0.0563. The van der Waals surface area contributed by atoms with Crippen LogP contribution in [-0.4, -0.2) is 64.0 Å². The second-order valence-corrected chi connectivity index (χ2v) is 8.89. The smallest absolute Gasteiger partial charge is 0.543 e. The number of carboxylic acid groups (broad SMARTS) is 4. The van der Waals surface area contributed by atoms with Crippen LogP contribution in [0.2, 0.25) is 0 Å². The Morgan fingerprint density at radius 1 is 0.328 bits per heavy atom. The Morgan fingerprint density at radius 3 is 0.508 bits per heavy atom. The van der Waals surface area contributed by atoms with E-state index in [2.05, 4.69) is 29.9 Å². The summed E-state index contributed by atoms with van der Waals surface area (Å²) in [5, 5.41) is 65.2. The minimum Gasteiger partial charge on any atom is -0.543 e. The summed E-state index contributed by atoms with van der Waals surface area (Å²) in [7, 11) is 0. The number of nitrogens with zero attached hydrogens (tertiary/aromatic N) is 8. The normalized spacial score (nSPS) is 7.93. The van der Waals surface area contributed by atoms with Gasteiger partial charge in [-0.2, -0.15) is 0 Å². The van der Waals surface area contributed by atoms with Crippen molar-refractivity contribution in [2.45, 2.75) is 0 Å². The van der Waals surface area contributed by atoms with E-state index in [0.717, 1.165) is 34.2 Å². The number of aliphatic carboxylic acids is 4. The molecule has 333 valence electrons. The van der Waals surface area contributed by atoms with Gasteiger partial charge in [-0.15, -0.1) is 0 Å². The Balaban J connectivity index is -0.000000149. The molecule has 0 atom stereocenters. The maximum absolute atomic E-state index is 8.93. The van der Waals surface area contributed by atoms with Gasteiger partial charge in [-0.1, -0.05) is 36.4 Å². The van der Waals surface area contributed by atoms with Gasteiger partial charge in [0.05, 0.1) is 68.2 Å². The van der Waals surface area contributed by atoms with Crippen molar-refractivity contribution in [3.63, 3.8) is 0 Å². The Bertz CT molecular complexity index is 1680. The van der Waals surface area contributed by atoms with E-state index in [1.807, 2.05) is 109 Å². The first kappa shape index (κ1) is 65.5. The summed E-state index contributed by atoms with van der Waals surface area (Å²) in [5.41, 5.74) is 5.49. The van der Waals surface area contributed by atoms with Crippen LogP contribution in [0.1, 0.15) is 0 Å². The van der Waals surface area contributed by atoms with Crippen molar-refractivity contribution in [1.82, 2.24) is 29.9 Å². The van der Waals surface area contributed by atoms with E-state index in [0.29, 0.717) is 0 Å². The molecule has 27 heteroatoms. The zero-order valence-electron chi connectivity index (χ0n) is 30.2. The molecule has 0 saturated heterocycles. The van der Waals surface area contributed by atoms with E-state index >= 15 is 0 Å². The van der Waals surface area contributed by atoms with Crippen LogP contribution in [0.3, 0.4) is 0 Å².